The van der Waals surface area contributed by atoms with Crippen LogP contribution in [0.25, 0.3) is 0 Å². The Morgan fingerprint density at radius 3 is 2.89 bits per heavy atom. The van der Waals surface area contributed by atoms with E-state index in [2.05, 4.69) is 17.8 Å². The zero-order chi connectivity index (χ0) is 6.32. The maximum Gasteiger partial charge on any atom is 0.143 e. The van der Waals surface area contributed by atoms with Crippen molar-refractivity contribution in [2.45, 2.75) is 19.3 Å². The van der Waals surface area contributed by atoms with Crippen molar-refractivity contribution in [3.05, 3.63) is 11.6 Å². The maximum absolute atomic E-state index is 3.58. The van der Waals surface area contributed by atoms with Gasteiger partial charge in [-0.15, -0.1) is 0 Å². The van der Waals surface area contributed by atoms with Crippen LogP contribution in [0.15, 0.2) is 11.6 Å². The molecular weight excluding hydrogens is 110 g/mol. The predicted octanol–water partition coefficient (Wildman–Crippen LogP) is -0.122. The van der Waals surface area contributed by atoms with Gasteiger partial charge in [-0.2, -0.15) is 0 Å². The minimum atomic E-state index is 0.691. The molecule has 0 saturated heterocycles. The third-order valence-corrected chi connectivity index (χ3v) is 2.37. The van der Waals surface area contributed by atoms with Crippen LogP contribution in [0.3, 0.4) is 0 Å². The first-order chi connectivity index (χ1) is 4.37. The van der Waals surface area contributed by atoms with Gasteiger partial charge in [-0.25, -0.2) is 0 Å². The molecule has 1 fully saturated rings. The second kappa shape index (κ2) is 1.47. The molecule has 0 unspecified atom stereocenters. The van der Waals surface area contributed by atoms with Crippen molar-refractivity contribution in [1.82, 2.24) is 0 Å². The van der Waals surface area contributed by atoms with E-state index in [4.69, 9.17) is 0 Å². The summed E-state index contributed by atoms with van der Waals surface area (Å²) >= 11 is 0. The molecule has 1 heteroatoms. The van der Waals surface area contributed by atoms with E-state index in [1.165, 1.54) is 19.3 Å². The first-order valence-electron chi connectivity index (χ1n) is 3.60. The first kappa shape index (κ1) is 5.21. The molecule has 0 aliphatic heterocycles. The van der Waals surface area contributed by atoms with Crippen molar-refractivity contribution < 1.29 is 4.99 Å². The highest BCUT2D eigenvalue weighted by molar-refractivity contribution is 5.45. The molecule has 2 aliphatic rings. The molecule has 0 aromatic carbocycles. The van der Waals surface area contributed by atoms with Crippen molar-refractivity contribution in [1.29, 1.82) is 0 Å². The minimum Gasteiger partial charge on any atom is -0.254 e. The predicted molar refractivity (Wildman–Crippen MR) is 37.3 cm³/mol. The topological polar surface area (TPSA) is 14.0 Å². The highest BCUT2D eigenvalue weighted by Gasteiger charge is 2.53. The van der Waals surface area contributed by atoms with Crippen molar-refractivity contribution in [3.63, 3.8) is 0 Å². The van der Waals surface area contributed by atoms with Crippen LogP contribution in [0.2, 0.25) is 0 Å². The fourth-order valence-corrected chi connectivity index (χ4v) is 1.44. The molecule has 48 valence electrons. The Kier molecular flexibility index (Phi) is 0.850. The van der Waals surface area contributed by atoms with Crippen LogP contribution >= 0.6 is 0 Å². The summed E-state index contributed by atoms with van der Waals surface area (Å²) in [6.07, 6.45) is 6.51. The third kappa shape index (κ3) is 0.716. The van der Waals surface area contributed by atoms with Crippen LogP contribution in [-0.4, -0.2) is 13.3 Å². The lowest BCUT2D eigenvalue weighted by Crippen LogP contribution is -2.65. The number of rotatable bonds is 3. The van der Waals surface area contributed by atoms with E-state index in [9.17, 15) is 0 Å². The van der Waals surface area contributed by atoms with Crippen LogP contribution in [0.5, 0.6) is 0 Å². The van der Waals surface area contributed by atoms with E-state index >= 15 is 0 Å². The highest BCUT2D eigenvalue weighted by atomic mass is 14.7. The van der Waals surface area contributed by atoms with Gasteiger partial charge in [0, 0.05) is 11.8 Å². The summed E-state index contributed by atoms with van der Waals surface area (Å²) < 4.78 is 0. The van der Waals surface area contributed by atoms with Crippen LogP contribution in [-0.2, 0) is 0 Å². The fraction of sp³-hybridized carbons (Fsp3) is 0.625. The lowest BCUT2D eigenvalue weighted by atomic mass is 10.2. The Balaban J connectivity index is 1.77. The maximum atomic E-state index is 3.58. The van der Waals surface area contributed by atoms with E-state index in [1.54, 1.807) is 5.57 Å². The lowest BCUT2D eigenvalue weighted by Gasteiger charge is -1.86. The molecule has 9 heavy (non-hydrogen) atoms. The molecule has 2 rings (SSSR count). The molecule has 1 saturated carbocycles. The second-order valence-corrected chi connectivity index (χ2v) is 3.08. The smallest absolute Gasteiger partial charge is 0.143 e. The highest BCUT2D eigenvalue weighted by Crippen LogP contribution is 2.65. The number of nitrogens with one attached hydrogen (secondary N) is 1. The summed E-state index contributed by atoms with van der Waals surface area (Å²) in [5.74, 6) is 0. The third-order valence-electron chi connectivity index (χ3n) is 2.37. The van der Waals surface area contributed by atoms with Crippen LogP contribution in [0, 0.1) is 5.41 Å². The Labute approximate surface area is 55.5 Å². The van der Waals surface area contributed by atoms with Gasteiger partial charge >= 0.3 is 0 Å². The summed E-state index contributed by atoms with van der Waals surface area (Å²) in [6.45, 7) is 4.63. The first-order valence-corrected chi connectivity index (χ1v) is 3.60. The van der Waals surface area contributed by atoms with E-state index in [1.807, 2.05) is 0 Å². The molecule has 0 bridgehead atoms. The van der Waals surface area contributed by atoms with Gasteiger partial charge in [0.15, 0.2) is 0 Å². The average molecular weight is 122 g/mol. The summed E-state index contributed by atoms with van der Waals surface area (Å²) in [7, 11) is 0. The Hall–Kier alpha value is -0.590. The van der Waals surface area contributed by atoms with Gasteiger partial charge < -0.3 is 0 Å². The van der Waals surface area contributed by atoms with Gasteiger partial charge in [-0.1, -0.05) is 11.6 Å². The van der Waals surface area contributed by atoms with Crippen molar-refractivity contribution in [2.24, 2.45) is 5.41 Å². The zero-order valence-corrected chi connectivity index (χ0v) is 5.61. The monoisotopic (exact) mass is 122 g/mol. The van der Waals surface area contributed by atoms with Crippen molar-refractivity contribution in [2.75, 3.05) is 6.54 Å². The van der Waals surface area contributed by atoms with E-state index in [0.717, 1.165) is 6.54 Å². The largest absolute Gasteiger partial charge is 0.254 e. The van der Waals surface area contributed by atoms with Gasteiger partial charge in [0.25, 0.3) is 0 Å². The number of allylic oxidation sites excluding steroid dienone is 1. The van der Waals surface area contributed by atoms with Crippen molar-refractivity contribution in [3.8, 4) is 0 Å². The van der Waals surface area contributed by atoms with Gasteiger partial charge in [0.05, 0.1) is 0 Å². The van der Waals surface area contributed by atoms with Gasteiger partial charge in [-0.05, 0) is 12.8 Å². The van der Waals surface area contributed by atoms with Crippen LogP contribution in [0.1, 0.15) is 19.3 Å². The average Bonchev–Trinajstić information content (AvgIpc) is 2.72. The molecule has 0 heterocycles. The summed E-state index contributed by atoms with van der Waals surface area (Å²) in [5.41, 5.74) is 2.37. The van der Waals surface area contributed by atoms with E-state index < -0.39 is 0 Å². The number of hydrogen-bond donors (Lipinski definition) is 1. The lowest BCUT2D eigenvalue weighted by molar-refractivity contribution is -0.446. The summed E-state index contributed by atoms with van der Waals surface area (Å²) in [6, 6.07) is 0. The van der Waals surface area contributed by atoms with Crippen LogP contribution in [0.4, 0.5) is 0 Å². The second-order valence-electron chi connectivity index (χ2n) is 3.08. The molecule has 0 atom stereocenters. The molecular formula is C8H12N+. The number of hydrogen-bond acceptors (Lipinski definition) is 0. The molecule has 1 N–H and O–H groups in total. The Bertz CT molecular complexity index is 175. The minimum absolute atomic E-state index is 0.691. The van der Waals surface area contributed by atoms with Crippen LogP contribution < -0.4 is 4.99 Å². The zero-order valence-electron chi connectivity index (χ0n) is 5.61. The van der Waals surface area contributed by atoms with Gasteiger partial charge in [0.2, 0.25) is 0 Å². The molecule has 0 radical (unpaired) electrons. The summed E-state index contributed by atoms with van der Waals surface area (Å²) in [5, 5.41) is 0. The summed E-state index contributed by atoms with van der Waals surface area (Å²) in [4.78, 5) is 2.91. The van der Waals surface area contributed by atoms with E-state index in [0.29, 0.717) is 5.41 Å². The SMILES string of the molecule is C=[NH+]CCC1=CC12CC2. The standard InChI is InChI=1S/C8H11N/c1-9-5-2-7-6-8(7)3-4-8/h6H,1-5H2/p+1. The van der Waals surface area contributed by atoms with Gasteiger partial charge in [0.1, 0.15) is 13.3 Å². The quantitative estimate of drug-likeness (QED) is 0.396. The fourth-order valence-electron chi connectivity index (χ4n) is 1.44. The molecule has 1 spiro atoms. The molecule has 0 aromatic rings. The normalized spacial score (nSPS) is 25.6. The molecule has 0 amide bonds. The Morgan fingerprint density at radius 1 is 1.67 bits per heavy atom. The Morgan fingerprint density at radius 2 is 2.44 bits per heavy atom. The molecule has 2 aliphatic carbocycles. The molecule has 0 aromatic heterocycles. The van der Waals surface area contributed by atoms with E-state index in [-0.39, 0.29) is 0 Å². The van der Waals surface area contributed by atoms with Gasteiger partial charge in [-0.3, -0.25) is 4.99 Å². The molecule has 1 nitrogen and oxygen atoms in total. The van der Waals surface area contributed by atoms with Crippen molar-refractivity contribution >= 4 is 6.72 Å².